The third-order valence-corrected chi connectivity index (χ3v) is 5.49. The Bertz CT molecular complexity index is 692. The highest BCUT2D eigenvalue weighted by Gasteiger charge is 2.26. The van der Waals surface area contributed by atoms with Crippen LogP contribution in [0.15, 0.2) is 24.5 Å². The summed E-state index contributed by atoms with van der Waals surface area (Å²) in [4.78, 5) is 4.64. The lowest BCUT2D eigenvalue weighted by atomic mass is 10.00. The van der Waals surface area contributed by atoms with E-state index in [1.54, 1.807) is 0 Å². The summed E-state index contributed by atoms with van der Waals surface area (Å²) in [7, 11) is -2.82. The Balaban J connectivity index is 1.94. The molecule has 0 unspecified atom stereocenters. The molecule has 2 N–H and O–H groups in total. The van der Waals surface area contributed by atoms with Gasteiger partial charge in [0.2, 0.25) is 0 Å². The van der Waals surface area contributed by atoms with E-state index < -0.39 is 9.84 Å². The minimum Gasteiger partial charge on any atom is -0.326 e. The molecule has 2 aromatic heterocycles. The molecule has 0 saturated carbocycles. The quantitative estimate of drug-likeness (QED) is 0.892. The van der Waals surface area contributed by atoms with Gasteiger partial charge in [-0.1, -0.05) is 6.07 Å². The molecule has 0 aliphatic carbocycles. The van der Waals surface area contributed by atoms with Gasteiger partial charge < -0.3 is 10.1 Å². The number of hydrogen-bond donors (Lipinski definition) is 1. The van der Waals surface area contributed by atoms with E-state index in [0.717, 1.165) is 16.9 Å². The Morgan fingerprint density at radius 2 is 2.11 bits per heavy atom. The SMILES string of the molecule is NCc1cccn2cc(C3CCS(=O)(=O)CC3)nc12. The van der Waals surface area contributed by atoms with Gasteiger partial charge in [-0.25, -0.2) is 13.4 Å². The normalized spacial score (nSPS) is 19.8. The van der Waals surface area contributed by atoms with Gasteiger partial charge in [-0.15, -0.1) is 0 Å². The highest BCUT2D eigenvalue weighted by atomic mass is 32.2. The Labute approximate surface area is 112 Å². The molecule has 0 bridgehead atoms. The zero-order valence-electron chi connectivity index (χ0n) is 10.6. The smallest absolute Gasteiger partial charge is 0.150 e. The molecule has 1 aliphatic rings. The molecule has 3 heterocycles. The first kappa shape index (κ1) is 12.6. The molecule has 0 radical (unpaired) electrons. The highest BCUT2D eigenvalue weighted by Crippen LogP contribution is 2.29. The third-order valence-electron chi connectivity index (χ3n) is 3.78. The van der Waals surface area contributed by atoms with Crippen LogP contribution in [-0.2, 0) is 16.4 Å². The zero-order valence-corrected chi connectivity index (χ0v) is 11.4. The van der Waals surface area contributed by atoms with Gasteiger partial charge in [0.05, 0.1) is 17.2 Å². The first-order chi connectivity index (χ1) is 9.09. The summed E-state index contributed by atoms with van der Waals surface area (Å²) >= 11 is 0. The molecule has 0 amide bonds. The Morgan fingerprint density at radius 3 is 2.79 bits per heavy atom. The molecule has 0 atom stereocenters. The van der Waals surface area contributed by atoms with E-state index in [9.17, 15) is 8.42 Å². The summed E-state index contributed by atoms with van der Waals surface area (Å²) in [6.45, 7) is 0.458. The lowest BCUT2D eigenvalue weighted by molar-refractivity contribution is 0.545. The average molecular weight is 279 g/mol. The molecule has 0 spiro atoms. The van der Waals surface area contributed by atoms with Crippen molar-refractivity contribution in [3.63, 3.8) is 0 Å². The van der Waals surface area contributed by atoms with Crippen molar-refractivity contribution in [3.8, 4) is 0 Å². The summed E-state index contributed by atoms with van der Waals surface area (Å²) in [5.41, 5.74) is 8.58. The van der Waals surface area contributed by atoms with Gasteiger partial charge in [0, 0.05) is 30.4 Å². The minimum atomic E-state index is -2.82. The number of nitrogens with zero attached hydrogens (tertiary/aromatic N) is 2. The molecule has 1 saturated heterocycles. The zero-order chi connectivity index (χ0) is 13.5. The summed E-state index contributed by atoms with van der Waals surface area (Å²) in [5, 5.41) is 0. The minimum absolute atomic E-state index is 0.244. The lowest BCUT2D eigenvalue weighted by Crippen LogP contribution is -2.22. The van der Waals surface area contributed by atoms with Crippen LogP contribution in [0.25, 0.3) is 5.65 Å². The Hall–Kier alpha value is -1.40. The van der Waals surface area contributed by atoms with Gasteiger partial charge in [0.25, 0.3) is 0 Å². The summed E-state index contributed by atoms with van der Waals surface area (Å²) < 4.78 is 24.9. The topological polar surface area (TPSA) is 77.5 Å². The third kappa shape index (κ3) is 2.37. The predicted octanol–water partition coefficient (Wildman–Crippen LogP) is 1.09. The van der Waals surface area contributed by atoms with Crippen LogP contribution in [0, 0.1) is 0 Å². The van der Waals surface area contributed by atoms with Crippen LogP contribution >= 0.6 is 0 Å². The van der Waals surface area contributed by atoms with Gasteiger partial charge in [-0.05, 0) is 18.9 Å². The second-order valence-electron chi connectivity index (χ2n) is 5.06. The van der Waals surface area contributed by atoms with E-state index in [0.29, 0.717) is 19.4 Å². The largest absolute Gasteiger partial charge is 0.326 e. The van der Waals surface area contributed by atoms with E-state index >= 15 is 0 Å². The lowest BCUT2D eigenvalue weighted by Gasteiger charge is -2.19. The average Bonchev–Trinajstić information content (AvgIpc) is 2.82. The van der Waals surface area contributed by atoms with Gasteiger partial charge >= 0.3 is 0 Å². The summed E-state index contributed by atoms with van der Waals surface area (Å²) in [6, 6.07) is 3.92. The van der Waals surface area contributed by atoms with E-state index in [1.807, 2.05) is 28.9 Å². The number of rotatable bonds is 2. The fourth-order valence-electron chi connectivity index (χ4n) is 2.63. The number of aromatic nitrogens is 2. The first-order valence-electron chi connectivity index (χ1n) is 6.46. The standard InChI is InChI=1S/C13H17N3O2S/c14-8-11-2-1-5-16-9-12(15-13(11)16)10-3-6-19(17,18)7-4-10/h1-2,5,9-10H,3-4,6-8,14H2. The van der Waals surface area contributed by atoms with Crippen molar-refractivity contribution in [3.05, 3.63) is 35.8 Å². The van der Waals surface area contributed by atoms with Crippen LogP contribution in [-0.4, -0.2) is 29.3 Å². The predicted molar refractivity (Wildman–Crippen MR) is 73.7 cm³/mol. The molecule has 1 aliphatic heterocycles. The van der Waals surface area contributed by atoms with Gasteiger partial charge in [-0.3, -0.25) is 0 Å². The first-order valence-corrected chi connectivity index (χ1v) is 8.28. The molecule has 3 rings (SSSR count). The monoisotopic (exact) mass is 279 g/mol. The summed E-state index contributed by atoms with van der Waals surface area (Å²) in [5.74, 6) is 0.791. The van der Waals surface area contributed by atoms with Gasteiger partial charge in [-0.2, -0.15) is 0 Å². The number of imidazole rings is 1. The molecule has 2 aromatic rings. The van der Waals surface area contributed by atoms with Crippen molar-refractivity contribution >= 4 is 15.5 Å². The van der Waals surface area contributed by atoms with E-state index in [4.69, 9.17) is 5.73 Å². The Kier molecular flexibility index (Phi) is 3.06. The van der Waals surface area contributed by atoms with Crippen molar-refractivity contribution in [1.29, 1.82) is 0 Å². The molecular formula is C13H17N3O2S. The number of fused-ring (bicyclic) bond motifs is 1. The van der Waals surface area contributed by atoms with E-state index in [1.165, 1.54) is 0 Å². The van der Waals surface area contributed by atoms with Crippen LogP contribution in [0.1, 0.15) is 30.0 Å². The molecule has 0 aromatic carbocycles. The fourth-order valence-corrected chi connectivity index (χ4v) is 4.12. The molecule has 5 nitrogen and oxygen atoms in total. The van der Waals surface area contributed by atoms with Gasteiger partial charge in [0.1, 0.15) is 15.5 Å². The Morgan fingerprint density at radius 1 is 1.37 bits per heavy atom. The molecule has 1 fully saturated rings. The van der Waals surface area contributed by atoms with Gasteiger partial charge in [0.15, 0.2) is 0 Å². The van der Waals surface area contributed by atoms with Crippen molar-refractivity contribution in [2.75, 3.05) is 11.5 Å². The molecular weight excluding hydrogens is 262 g/mol. The highest BCUT2D eigenvalue weighted by molar-refractivity contribution is 7.91. The van der Waals surface area contributed by atoms with Crippen LogP contribution in [0.4, 0.5) is 0 Å². The number of pyridine rings is 1. The number of hydrogen-bond acceptors (Lipinski definition) is 4. The molecule has 6 heteroatoms. The summed E-state index contributed by atoms with van der Waals surface area (Å²) in [6.07, 6.45) is 5.29. The van der Waals surface area contributed by atoms with Crippen LogP contribution in [0.3, 0.4) is 0 Å². The van der Waals surface area contributed by atoms with Crippen LogP contribution in [0.5, 0.6) is 0 Å². The van der Waals surface area contributed by atoms with E-state index in [-0.39, 0.29) is 17.4 Å². The fraction of sp³-hybridized carbons (Fsp3) is 0.462. The number of sulfone groups is 1. The molecule has 19 heavy (non-hydrogen) atoms. The number of nitrogens with two attached hydrogens (primary N) is 1. The maximum Gasteiger partial charge on any atom is 0.150 e. The van der Waals surface area contributed by atoms with Crippen molar-refractivity contribution in [1.82, 2.24) is 9.38 Å². The maximum absolute atomic E-state index is 11.5. The van der Waals surface area contributed by atoms with Crippen molar-refractivity contribution < 1.29 is 8.42 Å². The second-order valence-corrected chi connectivity index (χ2v) is 7.36. The van der Waals surface area contributed by atoms with Crippen molar-refractivity contribution in [2.45, 2.75) is 25.3 Å². The van der Waals surface area contributed by atoms with Crippen LogP contribution < -0.4 is 5.73 Å². The second kappa shape index (κ2) is 4.61. The maximum atomic E-state index is 11.5. The van der Waals surface area contributed by atoms with E-state index in [2.05, 4.69) is 4.98 Å². The van der Waals surface area contributed by atoms with Crippen molar-refractivity contribution in [2.24, 2.45) is 5.73 Å². The molecule has 102 valence electrons. The van der Waals surface area contributed by atoms with Crippen LogP contribution in [0.2, 0.25) is 0 Å².